The summed E-state index contributed by atoms with van der Waals surface area (Å²) in [4.78, 5) is 30.1. The van der Waals surface area contributed by atoms with Crippen LogP contribution in [0.2, 0.25) is 0 Å². The Kier molecular flexibility index (Phi) is 4.82. The second-order valence-corrected chi connectivity index (χ2v) is 5.98. The van der Waals surface area contributed by atoms with Gasteiger partial charge in [0.05, 0.1) is 11.0 Å². The van der Waals surface area contributed by atoms with E-state index in [0.29, 0.717) is 0 Å². The lowest BCUT2D eigenvalue weighted by Gasteiger charge is -2.31. The molecule has 0 unspecified atom stereocenters. The SMILES string of the molecule is CC(C)(C)N(C(=O)O)c1cc(Oc2ccc([N+](=O)[O-])cc2F)ncn1. The summed E-state index contributed by atoms with van der Waals surface area (Å²) in [6, 6.07) is 4.13. The predicted molar refractivity (Wildman–Crippen MR) is 85.4 cm³/mol. The molecule has 0 radical (unpaired) electrons. The average molecular weight is 350 g/mol. The first-order valence-electron chi connectivity index (χ1n) is 7.06. The molecule has 1 heterocycles. The van der Waals surface area contributed by atoms with Gasteiger partial charge in [0.2, 0.25) is 5.88 Å². The van der Waals surface area contributed by atoms with Gasteiger partial charge in [-0.2, -0.15) is 0 Å². The van der Waals surface area contributed by atoms with Gasteiger partial charge >= 0.3 is 6.09 Å². The van der Waals surface area contributed by atoms with Crippen LogP contribution in [0.5, 0.6) is 11.6 Å². The first kappa shape index (κ1) is 18.0. The van der Waals surface area contributed by atoms with E-state index in [4.69, 9.17) is 4.74 Å². The van der Waals surface area contributed by atoms with Crippen LogP contribution in [-0.2, 0) is 0 Å². The molecule has 0 saturated heterocycles. The summed E-state index contributed by atoms with van der Waals surface area (Å²) < 4.78 is 19.2. The third-order valence-electron chi connectivity index (χ3n) is 3.06. The molecule has 9 nitrogen and oxygen atoms in total. The Morgan fingerprint density at radius 3 is 2.52 bits per heavy atom. The van der Waals surface area contributed by atoms with Crippen molar-refractivity contribution in [1.82, 2.24) is 9.97 Å². The van der Waals surface area contributed by atoms with Crippen molar-refractivity contribution in [2.45, 2.75) is 26.3 Å². The first-order chi connectivity index (χ1) is 11.6. The van der Waals surface area contributed by atoms with Crippen LogP contribution in [0.3, 0.4) is 0 Å². The summed E-state index contributed by atoms with van der Waals surface area (Å²) >= 11 is 0. The topological polar surface area (TPSA) is 119 Å². The van der Waals surface area contributed by atoms with Crippen molar-refractivity contribution in [3.05, 3.63) is 46.5 Å². The number of nitro benzene ring substituents is 1. The first-order valence-corrected chi connectivity index (χ1v) is 7.06. The van der Waals surface area contributed by atoms with Crippen LogP contribution in [0.4, 0.5) is 20.7 Å². The summed E-state index contributed by atoms with van der Waals surface area (Å²) in [6.45, 7) is 5.04. The number of anilines is 1. The lowest BCUT2D eigenvalue weighted by atomic mass is 10.1. The second kappa shape index (κ2) is 6.67. The minimum absolute atomic E-state index is 0.0484. The molecule has 0 aliphatic heterocycles. The van der Waals surface area contributed by atoms with E-state index in [1.807, 2.05) is 0 Å². The average Bonchev–Trinajstić information content (AvgIpc) is 2.47. The quantitative estimate of drug-likeness (QED) is 0.661. The maximum Gasteiger partial charge on any atom is 0.413 e. The predicted octanol–water partition coefficient (Wildman–Crippen LogP) is 3.60. The second-order valence-electron chi connectivity index (χ2n) is 5.98. The molecule has 0 saturated carbocycles. The summed E-state index contributed by atoms with van der Waals surface area (Å²) in [5, 5.41) is 20.0. The van der Waals surface area contributed by atoms with Crippen molar-refractivity contribution in [2.24, 2.45) is 0 Å². The van der Waals surface area contributed by atoms with E-state index in [0.717, 1.165) is 29.4 Å². The Morgan fingerprint density at radius 2 is 2.00 bits per heavy atom. The standard InChI is InChI=1S/C15H15FN4O5/c1-15(2,3)19(14(21)22)12-7-13(18-8-17-12)25-11-5-4-9(20(23)24)6-10(11)16/h4-8H,1-3H3,(H,21,22). The van der Waals surface area contributed by atoms with E-state index in [1.54, 1.807) is 20.8 Å². The van der Waals surface area contributed by atoms with Gasteiger partial charge in [0.25, 0.3) is 5.69 Å². The van der Waals surface area contributed by atoms with E-state index < -0.39 is 28.1 Å². The van der Waals surface area contributed by atoms with Gasteiger partial charge in [0.15, 0.2) is 11.6 Å². The number of nitrogens with zero attached hydrogens (tertiary/aromatic N) is 4. The molecule has 0 aliphatic carbocycles. The number of hydrogen-bond acceptors (Lipinski definition) is 6. The minimum Gasteiger partial charge on any atom is -0.465 e. The van der Waals surface area contributed by atoms with Crippen LogP contribution in [-0.4, -0.2) is 31.6 Å². The number of hydrogen-bond donors (Lipinski definition) is 1. The highest BCUT2D eigenvalue weighted by Gasteiger charge is 2.29. The summed E-state index contributed by atoms with van der Waals surface area (Å²) in [6.07, 6.45) is -0.144. The Bertz CT molecular complexity index is 822. The van der Waals surface area contributed by atoms with Crippen molar-refractivity contribution < 1.29 is 24.0 Å². The zero-order valence-electron chi connectivity index (χ0n) is 13.6. The van der Waals surface area contributed by atoms with Gasteiger partial charge in [-0.15, -0.1) is 0 Å². The van der Waals surface area contributed by atoms with Crippen molar-refractivity contribution in [1.29, 1.82) is 0 Å². The van der Waals surface area contributed by atoms with Crippen LogP contribution >= 0.6 is 0 Å². The number of non-ortho nitro benzene ring substituents is 1. The van der Waals surface area contributed by atoms with Gasteiger partial charge in [-0.05, 0) is 26.8 Å². The van der Waals surface area contributed by atoms with Crippen molar-refractivity contribution in [3.63, 3.8) is 0 Å². The lowest BCUT2D eigenvalue weighted by Crippen LogP contribution is -2.45. The van der Waals surface area contributed by atoms with Gasteiger partial charge in [0, 0.05) is 17.7 Å². The smallest absolute Gasteiger partial charge is 0.413 e. The van der Waals surface area contributed by atoms with Crippen LogP contribution < -0.4 is 9.64 Å². The molecule has 1 aromatic heterocycles. The molecule has 10 heteroatoms. The molecular formula is C15H15FN4O5. The molecular weight excluding hydrogens is 335 g/mol. The number of carbonyl (C=O) groups is 1. The summed E-state index contributed by atoms with van der Waals surface area (Å²) in [7, 11) is 0. The highest BCUT2D eigenvalue weighted by Crippen LogP contribution is 2.29. The summed E-state index contributed by atoms with van der Waals surface area (Å²) in [5.41, 5.74) is -1.20. The number of amides is 1. The van der Waals surface area contributed by atoms with E-state index >= 15 is 0 Å². The number of ether oxygens (including phenoxy) is 1. The molecule has 0 spiro atoms. The molecule has 0 aliphatic rings. The molecule has 2 aromatic rings. The molecule has 0 bridgehead atoms. The number of nitro groups is 1. The zero-order chi connectivity index (χ0) is 18.8. The monoisotopic (exact) mass is 350 g/mol. The molecule has 25 heavy (non-hydrogen) atoms. The molecule has 1 N–H and O–H groups in total. The van der Waals surface area contributed by atoms with E-state index in [1.165, 1.54) is 6.07 Å². The Balaban J connectivity index is 2.34. The van der Waals surface area contributed by atoms with Gasteiger partial charge in [-0.25, -0.2) is 19.2 Å². The number of carboxylic acid groups (broad SMARTS) is 1. The molecule has 1 amide bonds. The van der Waals surface area contributed by atoms with E-state index in [2.05, 4.69) is 9.97 Å². The van der Waals surface area contributed by atoms with Crippen molar-refractivity contribution in [2.75, 3.05) is 4.90 Å². The maximum absolute atomic E-state index is 13.9. The number of benzene rings is 1. The highest BCUT2D eigenvalue weighted by molar-refractivity contribution is 5.86. The summed E-state index contributed by atoms with van der Waals surface area (Å²) in [5.74, 6) is -1.28. The Morgan fingerprint density at radius 1 is 1.32 bits per heavy atom. The fraction of sp³-hybridized carbons (Fsp3) is 0.267. The van der Waals surface area contributed by atoms with Crippen LogP contribution in [0, 0.1) is 15.9 Å². The van der Waals surface area contributed by atoms with Gasteiger partial charge in [-0.3, -0.25) is 15.0 Å². The molecule has 0 atom stereocenters. The highest BCUT2D eigenvalue weighted by atomic mass is 19.1. The number of aromatic nitrogens is 2. The fourth-order valence-electron chi connectivity index (χ4n) is 2.04. The molecule has 1 aromatic carbocycles. The van der Waals surface area contributed by atoms with Crippen molar-refractivity contribution >= 4 is 17.6 Å². The van der Waals surface area contributed by atoms with Gasteiger partial charge in [-0.1, -0.05) is 0 Å². The molecule has 132 valence electrons. The van der Waals surface area contributed by atoms with Crippen LogP contribution in [0.15, 0.2) is 30.6 Å². The number of rotatable bonds is 4. The van der Waals surface area contributed by atoms with Gasteiger partial charge < -0.3 is 9.84 Å². The number of halogens is 1. The third kappa shape index (κ3) is 4.16. The zero-order valence-corrected chi connectivity index (χ0v) is 13.6. The van der Waals surface area contributed by atoms with Crippen molar-refractivity contribution in [3.8, 4) is 11.6 Å². The van der Waals surface area contributed by atoms with Gasteiger partial charge in [0.1, 0.15) is 12.1 Å². The van der Waals surface area contributed by atoms with Crippen LogP contribution in [0.25, 0.3) is 0 Å². The van der Waals surface area contributed by atoms with Crippen LogP contribution in [0.1, 0.15) is 20.8 Å². The largest absolute Gasteiger partial charge is 0.465 e. The molecule has 0 fully saturated rings. The molecule has 2 rings (SSSR count). The minimum atomic E-state index is -1.22. The normalized spacial score (nSPS) is 11.0. The Labute approximate surface area is 141 Å². The van der Waals surface area contributed by atoms with E-state index in [-0.39, 0.29) is 17.4 Å². The van der Waals surface area contributed by atoms with E-state index in [9.17, 15) is 24.4 Å². The fourth-order valence-corrected chi connectivity index (χ4v) is 2.04. The Hall–Kier alpha value is -3.30. The lowest BCUT2D eigenvalue weighted by molar-refractivity contribution is -0.385. The third-order valence-corrected chi connectivity index (χ3v) is 3.06. The maximum atomic E-state index is 13.9.